The Morgan fingerprint density at radius 1 is 1.19 bits per heavy atom. The molecule has 1 atom stereocenters. The predicted octanol–water partition coefficient (Wildman–Crippen LogP) is 3.29. The van der Waals surface area contributed by atoms with Crippen molar-refractivity contribution in [3.8, 4) is 5.75 Å². The fourth-order valence-electron chi connectivity index (χ4n) is 3.44. The summed E-state index contributed by atoms with van der Waals surface area (Å²) in [7, 11) is 0. The van der Waals surface area contributed by atoms with Crippen LogP contribution in [0.25, 0.3) is 0 Å². The largest absolute Gasteiger partial charge is 0.485 e. The van der Waals surface area contributed by atoms with E-state index in [4.69, 9.17) is 15.2 Å². The summed E-state index contributed by atoms with van der Waals surface area (Å²) in [5.41, 5.74) is 5.81. The zero-order chi connectivity index (χ0) is 14.9. The van der Waals surface area contributed by atoms with Gasteiger partial charge in [-0.15, -0.1) is 0 Å². The molecule has 0 amide bonds. The second-order valence-electron chi connectivity index (χ2n) is 6.07. The van der Waals surface area contributed by atoms with Crippen molar-refractivity contribution in [2.24, 2.45) is 5.73 Å². The van der Waals surface area contributed by atoms with Crippen LogP contribution in [0.1, 0.15) is 44.1 Å². The quantitative estimate of drug-likeness (QED) is 0.927. The maximum Gasteiger partial charge on any atom is 0.190 e. The second-order valence-corrected chi connectivity index (χ2v) is 6.07. The first-order valence-corrected chi connectivity index (χ1v) is 7.60. The van der Waals surface area contributed by atoms with E-state index >= 15 is 0 Å². The first-order chi connectivity index (χ1) is 10.1. The lowest BCUT2D eigenvalue weighted by molar-refractivity contribution is -0.0515. The van der Waals surface area contributed by atoms with Crippen molar-refractivity contribution >= 4 is 0 Å². The topological polar surface area (TPSA) is 44.5 Å². The molecule has 0 aromatic heterocycles. The molecule has 0 bridgehead atoms. The van der Waals surface area contributed by atoms with Crippen molar-refractivity contribution in [2.75, 3.05) is 6.61 Å². The molecule has 0 radical (unpaired) electrons. The molecule has 1 saturated carbocycles. The summed E-state index contributed by atoms with van der Waals surface area (Å²) in [5, 5.41) is 0. The highest BCUT2D eigenvalue weighted by molar-refractivity contribution is 5.31. The first kappa shape index (κ1) is 14.7. The minimum atomic E-state index is -0.705. The lowest BCUT2D eigenvalue weighted by Crippen LogP contribution is -2.27. The van der Waals surface area contributed by atoms with E-state index in [0.717, 1.165) is 25.7 Å². The molecule has 2 aliphatic rings. The van der Waals surface area contributed by atoms with Crippen LogP contribution < -0.4 is 10.5 Å². The second kappa shape index (κ2) is 5.89. The number of benzene rings is 1. The number of nitrogens with two attached hydrogens (primary N) is 1. The third-order valence-corrected chi connectivity index (χ3v) is 4.56. The lowest BCUT2D eigenvalue weighted by Gasteiger charge is -2.23. The van der Waals surface area contributed by atoms with Crippen molar-refractivity contribution in [2.45, 2.75) is 56.8 Å². The molecule has 3 rings (SSSR count). The number of ether oxygens (including phenoxy) is 2. The Kier molecular flexibility index (Phi) is 4.13. The maximum absolute atomic E-state index is 13.8. The number of hydrogen-bond acceptors (Lipinski definition) is 3. The van der Waals surface area contributed by atoms with Crippen molar-refractivity contribution < 1.29 is 18.3 Å². The van der Waals surface area contributed by atoms with Crippen molar-refractivity contribution in [1.82, 2.24) is 0 Å². The summed E-state index contributed by atoms with van der Waals surface area (Å²) in [6, 6.07) is 2.43. The van der Waals surface area contributed by atoms with Crippen LogP contribution >= 0.6 is 0 Å². The normalized spacial score (nSPS) is 23.9. The first-order valence-electron chi connectivity index (χ1n) is 7.60. The van der Waals surface area contributed by atoms with Crippen LogP contribution in [0.3, 0.4) is 0 Å². The SMILES string of the molecule is NCc1cc(F)c(OCC2CCC3(CCCC3)O2)c(F)c1. The van der Waals surface area contributed by atoms with Crippen LogP contribution in [0.2, 0.25) is 0 Å². The van der Waals surface area contributed by atoms with E-state index in [1.165, 1.54) is 25.0 Å². The van der Waals surface area contributed by atoms with Gasteiger partial charge in [-0.1, -0.05) is 12.8 Å². The lowest BCUT2D eigenvalue weighted by atomic mass is 9.98. The Morgan fingerprint density at radius 2 is 1.86 bits per heavy atom. The van der Waals surface area contributed by atoms with Crippen LogP contribution in [0.4, 0.5) is 8.78 Å². The highest BCUT2D eigenvalue weighted by Gasteiger charge is 2.42. The summed E-state index contributed by atoms with van der Waals surface area (Å²) in [4.78, 5) is 0. The molecule has 116 valence electrons. The minimum Gasteiger partial charge on any atom is -0.485 e. The van der Waals surface area contributed by atoms with Gasteiger partial charge in [-0.3, -0.25) is 0 Å². The summed E-state index contributed by atoms with van der Waals surface area (Å²) < 4.78 is 39.0. The molecule has 1 aromatic rings. The van der Waals surface area contributed by atoms with Gasteiger partial charge in [0.15, 0.2) is 17.4 Å². The average molecular weight is 297 g/mol. The number of hydrogen-bond donors (Lipinski definition) is 1. The Balaban J connectivity index is 1.61. The van der Waals surface area contributed by atoms with Crippen molar-refractivity contribution in [1.29, 1.82) is 0 Å². The molecule has 1 saturated heterocycles. The standard InChI is InChI=1S/C16H21F2NO2/c17-13-7-11(9-19)8-14(18)15(13)20-10-12-3-6-16(21-12)4-1-2-5-16/h7-8,12H,1-6,9-10,19H2. The molecule has 2 fully saturated rings. The number of halogens is 2. The van der Waals surface area contributed by atoms with Gasteiger partial charge in [0.05, 0.1) is 11.7 Å². The van der Waals surface area contributed by atoms with Gasteiger partial charge in [0.25, 0.3) is 0 Å². The van der Waals surface area contributed by atoms with E-state index in [1.54, 1.807) is 0 Å². The summed E-state index contributed by atoms with van der Waals surface area (Å²) in [6.07, 6.45) is 6.45. The zero-order valence-corrected chi connectivity index (χ0v) is 12.0. The molecule has 1 unspecified atom stereocenters. The highest BCUT2D eigenvalue weighted by Crippen LogP contribution is 2.43. The predicted molar refractivity (Wildman–Crippen MR) is 75.1 cm³/mol. The van der Waals surface area contributed by atoms with Gasteiger partial charge < -0.3 is 15.2 Å². The van der Waals surface area contributed by atoms with Gasteiger partial charge in [0.1, 0.15) is 6.61 Å². The molecule has 1 heterocycles. The van der Waals surface area contributed by atoms with E-state index < -0.39 is 11.6 Å². The minimum absolute atomic E-state index is 0.00846. The Bertz CT molecular complexity index is 492. The van der Waals surface area contributed by atoms with Crippen LogP contribution in [0, 0.1) is 11.6 Å². The van der Waals surface area contributed by atoms with Gasteiger partial charge in [0.2, 0.25) is 0 Å². The van der Waals surface area contributed by atoms with Gasteiger partial charge in [-0.2, -0.15) is 0 Å². The molecule has 2 N–H and O–H groups in total. The fraction of sp³-hybridized carbons (Fsp3) is 0.625. The van der Waals surface area contributed by atoms with E-state index in [-0.39, 0.29) is 30.6 Å². The monoisotopic (exact) mass is 297 g/mol. The summed E-state index contributed by atoms with van der Waals surface area (Å²) >= 11 is 0. The van der Waals surface area contributed by atoms with E-state index in [1.807, 2.05) is 0 Å². The van der Waals surface area contributed by atoms with E-state index in [2.05, 4.69) is 0 Å². The van der Waals surface area contributed by atoms with E-state index in [9.17, 15) is 8.78 Å². The maximum atomic E-state index is 13.8. The van der Waals surface area contributed by atoms with Crippen molar-refractivity contribution in [3.05, 3.63) is 29.3 Å². The smallest absolute Gasteiger partial charge is 0.190 e. The summed E-state index contributed by atoms with van der Waals surface area (Å²) in [6.45, 7) is 0.292. The van der Waals surface area contributed by atoms with Crippen LogP contribution in [-0.4, -0.2) is 18.3 Å². The van der Waals surface area contributed by atoms with Crippen LogP contribution in [0.5, 0.6) is 5.75 Å². The third-order valence-electron chi connectivity index (χ3n) is 4.56. The molecule has 1 aromatic carbocycles. The van der Waals surface area contributed by atoms with Gasteiger partial charge in [-0.05, 0) is 43.4 Å². The van der Waals surface area contributed by atoms with Gasteiger partial charge in [-0.25, -0.2) is 8.78 Å². The Labute approximate surface area is 123 Å². The Hall–Kier alpha value is -1.20. The molecule has 21 heavy (non-hydrogen) atoms. The molecule has 1 aliphatic carbocycles. The van der Waals surface area contributed by atoms with Gasteiger partial charge in [0, 0.05) is 6.54 Å². The van der Waals surface area contributed by atoms with Crippen LogP contribution in [0.15, 0.2) is 12.1 Å². The zero-order valence-electron chi connectivity index (χ0n) is 12.0. The Morgan fingerprint density at radius 3 is 2.48 bits per heavy atom. The molecule has 1 aliphatic heterocycles. The molecular weight excluding hydrogens is 276 g/mol. The molecule has 3 nitrogen and oxygen atoms in total. The number of rotatable bonds is 4. The fourth-order valence-corrected chi connectivity index (χ4v) is 3.44. The third kappa shape index (κ3) is 3.04. The molecular formula is C16H21F2NO2. The van der Waals surface area contributed by atoms with Gasteiger partial charge >= 0.3 is 0 Å². The van der Waals surface area contributed by atoms with Crippen molar-refractivity contribution in [3.63, 3.8) is 0 Å². The highest BCUT2D eigenvalue weighted by atomic mass is 19.1. The summed E-state index contributed by atoms with van der Waals surface area (Å²) in [5.74, 6) is -1.74. The van der Waals surface area contributed by atoms with Crippen LogP contribution in [-0.2, 0) is 11.3 Å². The molecule has 1 spiro atoms. The van der Waals surface area contributed by atoms with E-state index in [0.29, 0.717) is 5.56 Å². The average Bonchev–Trinajstić information content (AvgIpc) is 3.08. The molecule has 5 heteroatoms.